The number of hydrogen-bond donors (Lipinski definition) is 4. The summed E-state index contributed by atoms with van der Waals surface area (Å²) in [7, 11) is 3.10. The highest BCUT2D eigenvalue weighted by Crippen LogP contribution is 2.65. The molecule has 0 bridgehead atoms. The number of fused-ring (bicyclic) bond motifs is 1. The third-order valence-electron chi connectivity index (χ3n) is 11.9. The number of ketones is 1. The second-order valence-electron chi connectivity index (χ2n) is 18.3. The van der Waals surface area contributed by atoms with E-state index in [1.165, 1.54) is 9.80 Å². The summed E-state index contributed by atoms with van der Waals surface area (Å²) >= 11 is 0. The molecule has 6 amide bonds. The van der Waals surface area contributed by atoms with Gasteiger partial charge in [-0.2, -0.15) is 0 Å². The van der Waals surface area contributed by atoms with E-state index in [1.807, 2.05) is 34.6 Å². The summed E-state index contributed by atoms with van der Waals surface area (Å²) in [6.45, 7) is 9.26. The number of amides is 6. The Labute approximate surface area is 327 Å². The van der Waals surface area contributed by atoms with Crippen LogP contribution >= 0.6 is 0 Å². The van der Waals surface area contributed by atoms with Gasteiger partial charge in [-0.3, -0.25) is 33.6 Å². The van der Waals surface area contributed by atoms with Crippen LogP contribution in [0, 0.1) is 34.5 Å². The Hall–Kier alpha value is -4.43. The van der Waals surface area contributed by atoms with Gasteiger partial charge >= 0.3 is 0 Å². The van der Waals surface area contributed by atoms with Gasteiger partial charge in [0.1, 0.15) is 18.1 Å². The van der Waals surface area contributed by atoms with Gasteiger partial charge < -0.3 is 31.1 Å². The molecule has 1 heterocycles. The molecule has 4 N–H and O–H groups in total. The molecule has 1 saturated heterocycles. The van der Waals surface area contributed by atoms with Crippen molar-refractivity contribution in [2.45, 2.75) is 116 Å². The van der Waals surface area contributed by atoms with Crippen LogP contribution in [0.4, 0.5) is 8.78 Å². The molecule has 6 atom stereocenters. The van der Waals surface area contributed by atoms with Gasteiger partial charge in [0.15, 0.2) is 0 Å². The van der Waals surface area contributed by atoms with Crippen molar-refractivity contribution < 1.29 is 42.3 Å². The first-order valence-corrected chi connectivity index (χ1v) is 19.7. The summed E-state index contributed by atoms with van der Waals surface area (Å²) in [5, 5.41) is 10.6. The van der Waals surface area contributed by atoms with E-state index in [1.54, 1.807) is 44.4 Å². The summed E-state index contributed by atoms with van der Waals surface area (Å²) in [6.07, 6.45) is 1.18. The van der Waals surface area contributed by atoms with E-state index in [0.29, 0.717) is 5.56 Å². The predicted molar refractivity (Wildman–Crippen MR) is 202 cm³/mol. The molecule has 308 valence electrons. The fourth-order valence-electron chi connectivity index (χ4n) is 8.46. The van der Waals surface area contributed by atoms with E-state index in [-0.39, 0.29) is 61.3 Å². The molecular weight excluding hydrogens is 726 g/mol. The molecule has 0 spiro atoms. The number of likely N-dealkylation sites (N-methyl/N-ethyl adjacent to an activating group) is 1. The van der Waals surface area contributed by atoms with Gasteiger partial charge in [0.25, 0.3) is 5.91 Å². The van der Waals surface area contributed by atoms with Crippen molar-refractivity contribution in [2.75, 3.05) is 27.2 Å². The lowest BCUT2D eigenvalue weighted by Crippen LogP contribution is -2.60. The topological polar surface area (TPSA) is 174 Å². The highest BCUT2D eigenvalue weighted by Gasteiger charge is 2.70. The number of benzene rings is 1. The number of Topliss-reactive ketones (excluding diaryl/α,β-unsaturated/α-hetero) is 1. The SMILES string of the molecule is CN(C)C(=O)[C@@H](NC(=O)CNC(=O)C(=O)C(CC1CC1)NC(=O)[C@@H]1[C@@H]2[C@H](CN1C(=O)[C@@H](NC(=O)CC(C)(C)C)C1CCC(F)(F)CC1)C2(C)C)c1ccccc1. The molecule has 1 aliphatic heterocycles. The quantitative estimate of drug-likeness (QED) is 0.198. The van der Waals surface area contributed by atoms with Crippen LogP contribution in [-0.4, -0.2) is 102 Å². The Morgan fingerprint density at radius 1 is 0.893 bits per heavy atom. The molecular formula is C41H58F2N6O7. The normalized spacial score (nSPS) is 24.1. The minimum absolute atomic E-state index is 0.0340. The van der Waals surface area contributed by atoms with Crippen molar-refractivity contribution in [3.63, 3.8) is 0 Å². The average Bonchev–Trinajstić information content (AvgIpc) is 3.98. The maximum absolute atomic E-state index is 14.5. The Morgan fingerprint density at radius 3 is 2.09 bits per heavy atom. The van der Waals surface area contributed by atoms with Gasteiger partial charge in [-0.25, -0.2) is 8.78 Å². The molecule has 4 aliphatic rings. The monoisotopic (exact) mass is 784 g/mol. The number of nitrogens with zero attached hydrogens (tertiary/aromatic N) is 2. The van der Waals surface area contributed by atoms with Crippen molar-refractivity contribution in [1.82, 2.24) is 31.1 Å². The Morgan fingerprint density at radius 2 is 1.52 bits per heavy atom. The third kappa shape index (κ3) is 10.3. The summed E-state index contributed by atoms with van der Waals surface area (Å²) in [5.41, 5.74) is -0.162. The van der Waals surface area contributed by atoms with Crippen LogP contribution in [0.1, 0.15) is 97.6 Å². The van der Waals surface area contributed by atoms with Crippen LogP contribution < -0.4 is 21.3 Å². The van der Waals surface area contributed by atoms with E-state index < -0.39 is 96.1 Å². The Balaban J connectivity index is 1.29. The highest BCUT2D eigenvalue weighted by atomic mass is 19.3. The maximum Gasteiger partial charge on any atom is 0.290 e. The average molecular weight is 785 g/mol. The summed E-state index contributed by atoms with van der Waals surface area (Å²) < 4.78 is 28.4. The molecule has 0 radical (unpaired) electrons. The number of likely N-dealkylation sites (tertiary alicyclic amines) is 1. The van der Waals surface area contributed by atoms with Crippen molar-refractivity contribution in [2.24, 2.45) is 34.5 Å². The number of carbonyl (C=O) groups is 7. The first kappa shape index (κ1) is 42.7. The van der Waals surface area contributed by atoms with Crippen LogP contribution in [-0.2, 0) is 33.6 Å². The van der Waals surface area contributed by atoms with Crippen LogP contribution in [0.25, 0.3) is 0 Å². The lowest BCUT2D eigenvalue weighted by atomic mass is 9.81. The van der Waals surface area contributed by atoms with Gasteiger partial charge in [0, 0.05) is 39.9 Å². The smallest absolute Gasteiger partial charge is 0.290 e. The molecule has 1 unspecified atom stereocenters. The molecule has 3 aliphatic carbocycles. The van der Waals surface area contributed by atoms with Crippen LogP contribution in [0.2, 0.25) is 0 Å². The fraction of sp³-hybridized carbons (Fsp3) is 0.683. The zero-order valence-corrected chi connectivity index (χ0v) is 33.6. The van der Waals surface area contributed by atoms with Crippen molar-refractivity contribution in [3.05, 3.63) is 35.9 Å². The van der Waals surface area contributed by atoms with E-state index >= 15 is 0 Å². The number of carbonyl (C=O) groups excluding carboxylic acids is 7. The first-order valence-electron chi connectivity index (χ1n) is 19.7. The number of hydrogen-bond acceptors (Lipinski definition) is 7. The van der Waals surface area contributed by atoms with Crippen LogP contribution in [0.15, 0.2) is 30.3 Å². The molecule has 13 nitrogen and oxygen atoms in total. The number of piperidine rings is 1. The van der Waals surface area contributed by atoms with Crippen molar-refractivity contribution in [1.29, 1.82) is 0 Å². The van der Waals surface area contributed by atoms with Gasteiger partial charge in [0.05, 0.1) is 12.6 Å². The summed E-state index contributed by atoms with van der Waals surface area (Å²) in [6, 6.07) is 4.22. The van der Waals surface area contributed by atoms with Crippen LogP contribution in [0.5, 0.6) is 0 Å². The second kappa shape index (κ2) is 16.6. The zero-order chi connectivity index (χ0) is 41.3. The Bertz CT molecular complexity index is 1680. The number of nitrogens with one attached hydrogen (secondary N) is 4. The lowest BCUT2D eigenvalue weighted by molar-refractivity contribution is -0.147. The van der Waals surface area contributed by atoms with Gasteiger partial charge in [-0.1, -0.05) is 77.8 Å². The second-order valence-corrected chi connectivity index (χ2v) is 18.3. The summed E-state index contributed by atoms with van der Waals surface area (Å²) in [5.74, 6) is -8.22. The van der Waals surface area contributed by atoms with Gasteiger partial charge in [0.2, 0.25) is 41.2 Å². The predicted octanol–water partition coefficient (Wildman–Crippen LogP) is 3.13. The van der Waals surface area contributed by atoms with Crippen LogP contribution in [0.3, 0.4) is 0 Å². The van der Waals surface area contributed by atoms with Gasteiger partial charge in [-0.05, 0) is 59.3 Å². The molecule has 56 heavy (non-hydrogen) atoms. The minimum Gasteiger partial charge on any atom is -0.347 e. The van der Waals surface area contributed by atoms with E-state index in [9.17, 15) is 42.3 Å². The van der Waals surface area contributed by atoms with Crippen molar-refractivity contribution >= 4 is 41.2 Å². The minimum atomic E-state index is -2.85. The van der Waals surface area contributed by atoms with Crippen molar-refractivity contribution in [3.8, 4) is 0 Å². The molecule has 5 rings (SSSR count). The van der Waals surface area contributed by atoms with E-state index in [4.69, 9.17) is 0 Å². The van der Waals surface area contributed by atoms with Gasteiger partial charge in [-0.15, -0.1) is 0 Å². The maximum atomic E-state index is 14.5. The molecule has 4 fully saturated rings. The highest BCUT2D eigenvalue weighted by molar-refractivity contribution is 6.38. The first-order chi connectivity index (χ1) is 26.1. The number of alkyl halides is 2. The molecule has 1 aromatic carbocycles. The third-order valence-corrected chi connectivity index (χ3v) is 11.9. The lowest BCUT2D eigenvalue weighted by Gasteiger charge is -2.38. The van der Waals surface area contributed by atoms with E-state index in [0.717, 1.165) is 12.8 Å². The largest absolute Gasteiger partial charge is 0.347 e. The molecule has 3 saturated carbocycles. The molecule has 0 aromatic heterocycles. The molecule has 15 heteroatoms. The fourth-order valence-corrected chi connectivity index (χ4v) is 8.46. The summed E-state index contributed by atoms with van der Waals surface area (Å²) in [4.78, 5) is 97.4. The molecule has 1 aromatic rings. The standard InChI is InChI=1S/C41H58F2N6O7/c1-39(2,3)20-28(50)46-32(25-15-17-41(42,43)18-16-25)38(56)49-22-26-30(40(26,4)5)33(49)35(53)45-27(19-23-13-14-23)34(52)36(54)44-21-29(51)47-31(37(55)48(6)7)24-11-9-8-10-12-24/h8-12,23,25-27,30-33H,13-22H2,1-7H3,(H,44,54)(H,45,53)(H,46,50)(H,47,51)/t26-,27?,30-,31-,32-,33-/m0/s1. The number of rotatable bonds is 15. The Kier molecular flexibility index (Phi) is 12.6. The van der Waals surface area contributed by atoms with E-state index in [2.05, 4.69) is 21.3 Å². The number of halogens is 2. The zero-order valence-electron chi connectivity index (χ0n) is 33.6.